The fourth-order valence-corrected chi connectivity index (χ4v) is 6.31. The van der Waals surface area contributed by atoms with E-state index in [1.165, 1.54) is 0 Å². The van der Waals surface area contributed by atoms with Crippen LogP contribution in [0.5, 0.6) is 0 Å². The van der Waals surface area contributed by atoms with Crippen molar-refractivity contribution < 1.29 is 22.1 Å². The van der Waals surface area contributed by atoms with Crippen molar-refractivity contribution in [2.24, 2.45) is 23.2 Å². The van der Waals surface area contributed by atoms with E-state index in [2.05, 4.69) is 13.8 Å². The van der Waals surface area contributed by atoms with E-state index in [0.717, 1.165) is 12.8 Å². The molecule has 6 heteroatoms. The number of fused-ring (bicyclic) bond motifs is 1. The summed E-state index contributed by atoms with van der Waals surface area (Å²) in [6, 6.07) is 0. The number of carbonyl (C=O) groups is 1. The van der Waals surface area contributed by atoms with E-state index in [9.17, 15) is 13.2 Å². The minimum atomic E-state index is -3.45. The molecule has 0 aromatic heterocycles. The topological polar surface area (TPSA) is 69.7 Å². The lowest BCUT2D eigenvalue weighted by atomic mass is 9.84. The molecular formula is C15H24O5S. The van der Waals surface area contributed by atoms with Gasteiger partial charge in [-0.2, -0.15) is 8.42 Å². The van der Waals surface area contributed by atoms with Crippen LogP contribution in [-0.4, -0.2) is 31.8 Å². The van der Waals surface area contributed by atoms with Gasteiger partial charge < -0.3 is 4.74 Å². The van der Waals surface area contributed by atoms with Gasteiger partial charge in [-0.1, -0.05) is 13.8 Å². The summed E-state index contributed by atoms with van der Waals surface area (Å²) in [5.41, 5.74) is -0.549. The third kappa shape index (κ3) is 2.40. The van der Waals surface area contributed by atoms with Gasteiger partial charge in [-0.3, -0.25) is 8.98 Å². The predicted molar refractivity (Wildman–Crippen MR) is 76.9 cm³/mol. The number of rotatable bonds is 4. The molecule has 1 heterocycles. The van der Waals surface area contributed by atoms with Gasteiger partial charge >= 0.3 is 5.97 Å². The van der Waals surface area contributed by atoms with Crippen LogP contribution < -0.4 is 0 Å². The van der Waals surface area contributed by atoms with Gasteiger partial charge in [0.2, 0.25) is 0 Å². The zero-order valence-electron chi connectivity index (χ0n) is 13.0. The predicted octanol–water partition coefficient (Wildman–Crippen LogP) is 2.11. The molecule has 3 aliphatic rings. The lowest BCUT2D eigenvalue weighted by Crippen LogP contribution is -2.40. The van der Waals surface area contributed by atoms with Gasteiger partial charge in [-0.25, -0.2) is 0 Å². The molecule has 3 fully saturated rings. The van der Waals surface area contributed by atoms with E-state index in [0.29, 0.717) is 12.3 Å². The maximum atomic E-state index is 12.4. The Hall–Kier alpha value is -0.620. The molecule has 0 aromatic rings. The highest BCUT2D eigenvalue weighted by Crippen LogP contribution is 2.55. The summed E-state index contributed by atoms with van der Waals surface area (Å²) in [5.74, 6) is 0.324. The van der Waals surface area contributed by atoms with Crippen LogP contribution in [0.2, 0.25) is 0 Å². The third-order valence-electron chi connectivity index (χ3n) is 5.13. The van der Waals surface area contributed by atoms with Crippen molar-refractivity contribution in [3.05, 3.63) is 0 Å². The van der Waals surface area contributed by atoms with Crippen LogP contribution in [0.15, 0.2) is 0 Å². The lowest BCUT2D eigenvalue weighted by Gasteiger charge is -2.30. The maximum absolute atomic E-state index is 12.4. The molecule has 5 nitrogen and oxygen atoms in total. The molecule has 0 spiro atoms. The average Bonchev–Trinajstić information content (AvgIpc) is 2.91. The third-order valence-corrected chi connectivity index (χ3v) is 6.90. The van der Waals surface area contributed by atoms with Crippen LogP contribution in [-0.2, 0) is 23.8 Å². The number of ether oxygens (including phenoxy) is 1. The fourth-order valence-electron chi connectivity index (χ4n) is 4.43. The molecule has 5 unspecified atom stereocenters. The van der Waals surface area contributed by atoms with Crippen LogP contribution in [0, 0.1) is 23.2 Å². The van der Waals surface area contributed by atoms with Crippen LogP contribution in [0.1, 0.15) is 47.0 Å². The minimum absolute atomic E-state index is 0.0195. The zero-order chi connectivity index (χ0) is 15.6. The summed E-state index contributed by atoms with van der Waals surface area (Å²) < 4.78 is 34.7. The van der Waals surface area contributed by atoms with Crippen LogP contribution in [0.3, 0.4) is 0 Å². The van der Waals surface area contributed by atoms with Crippen LogP contribution >= 0.6 is 0 Å². The molecule has 2 bridgehead atoms. The summed E-state index contributed by atoms with van der Waals surface area (Å²) in [7, 11) is -3.45. The van der Waals surface area contributed by atoms with Crippen LogP contribution in [0.25, 0.3) is 0 Å². The summed E-state index contributed by atoms with van der Waals surface area (Å²) >= 11 is 0. The quantitative estimate of drug-likeness (QED) is 0.587. The molecule has 5 atom stereocenters. The molecule has 21 heavy (non-hydrogen) atoms. The first-order chi connectivity index (χ1) is 9.62. The molecule has 0 radical (unpaired) electrons. The van der Waals surface area contributed by atoms with Crippen molar-refractivity contribution in [3.8, 4) is 0 Å². The lowest BCUT2D eigenvalue weighted by molar-refractivity contribution is -0.167. The first-order valence-corrected chi connectivity index (χ1v) is 9.22. The van der Waals surface area contributed by atoms with Gasteiger partial charge in [0.1, 0.15) is 12.2 Å². The molecule has 120 valence electrons. The molecule has 0 amide bonds. The number of carbonyl (C=O) groups excluding carboxylic acids is 1. The van der Waals surface area contributed by atoms with E-state index in [-0.39, 0.29) is 29.2 Å². The second kappa shape index (κ2) is 4.69. The molecule has 2 saturated carbocycles. The molecule has 0 aromatic carbocycles. The van der Waals surface area contributed by atoms with Gasteiger partial charge in [0, 0.05) is 11.8 Å². The van der Waals surface area contributed by atoms with Crippen molar-refractivity contribution in [1.29, 1.82) is 0 Å². The second-order valence-electron chi connectivity index (χ2n) is 7.84. The zero-order valence-corrected chi connectivity index (χ0v) is 13.9. The Bertz CT molecular complexity index is 550. The van der Waals surface area contributed by atoms with Crippen molar-refractivity contribution in [2.75, 3.05) is 0 Å². The van der Waals surface area contributed by atoms with Gasteiger partial charge in [0.15, 0.2) is 0 Å². The first kappa shape index (κ1) is 15.3. The SMILES string of the molecule is CC(C)CC(C)(C)C(=O)OC1C2CC3C1OS(=O)(=O)C3C2. The largest absolute Gasteiger partial charge is 0.459 e. The smallest absolute Gasteiger partial charge is 0.311 e. The molecule has 1 aliphatic heterocycles. The molecule has 2 aliphatic carbocycles. The Kier molecular flexibility index (Phi) is 3.41. The van der Waals surface area contributed by atoms with Crippen molar-refractivity contribution in [2.45, 2.75) is 64.4 Å². The monoisotopic (exact) mass is 316 g/mol. The van der Waals surface area contributed by atoms with Gasteiger partial charge in [0.25, 0.3) is 10.1 Å². The Labute approximate surface area is 126 Å². The van der Waals surface area contributed by atoms with E-state index in [4.69, 9.17) is 8.92 Å². The summed E-state index contributed by atoms with van der Waals surface area (Å²) in [6.45, 7) is 7.92. The number of hydrogen-bond donors (Lipinski definition) is 0. The Morgan fingerprint density at radius 2 is 2.00 bits per heavy atom. The van der Waals surface area contributed by atoms with Gasteiger partial charge in [-0.05, 0) is 39.0 Å². The molecular weight excluding hydrogens is 292 g/mol. The van der Waals surface area contributed by atoms with Crippen molar-refractivity contribution in [1.82, 2.24) is 0 Å². The van der Waals surface area contributed by atoms with Crippen molar-refractivity contribution >= 4 is 16.1 Å². The standard InChI is InChI=1S/C15H24O5S/c1-8(2)7-15(3,4)14(16)19-12-9-5-10-11(6-9)21(17,18)20-13(10)12/h8-13H,5-7H2,1-4H3. The highest BCUT2D eigenvalue weighted by molar-refractivity contribution is 7.87. The van der Waals surface area contributed by atoms with Gasteiger partial charge in [0.05, 0.1) is 10.7 Å². The minimum Gasteiger partial charge on any atom is -0.459 e. The van der Waals surface area contributed by atoms with E-state index in [1.807, 2.05) is 13.8 Å². The number of hydrogen-bond acceptors (Lipinski definition) is 5. The van der Waals surface area contributed by atoms with E-state index in [1.54, 1.807) is 0 Å². The molecule has 3 rings (SSSR count). The summed E-state index contributed by atoms with van der Waals surface area (Å²) in [4.78, 5) is 12.4. The Balaban J connectivity index is 1.72. The van der Waals surface area contributed by atoms with Crippen molar-refractivity contribution in [3.63, 3.8) is 0 Å². The highest BCUT2D eigenvalue weighted by atomic mass is 32.2. The van der Waals surface area contributed by atoms with E-state index < -0.39 is 21.6 Å². The Morgan fingerprint density at radius 3 is 2.62 bits per heavy atom. The van der Waals surface area contributed by atoms with Crippen LogP contribution in [0.4, 0.5) is 0 Å². The number of esters is 1. The van der Waals surface area contributed by atoms with E-state index >= 15 is 0 Å². The molecule has 1 saturated heterocycles. The maximum Gasteiger partial charge on any atom is 0.311 e. The molecule has 0 N–H and O–H groups in total. The highest BCUT2D eigenvalue weighted by Gasteiger charge is 2.65. The average molecular weight is 316 g/mol. The van der Waals surface area contributed by atoms with Gasteiger partial charge in [-0.15, -0.1) is 0 Å². The Morgan fingerprint density at radius 1 is 1.33 bits per heavy atom. The summed E-state index contributed by atoms with van der Waals surface area (Å²) in [6.07, 6.45) is 1.29. The first-order valence-electron chi connectivity index (χ1n) is 7.75. The fraction of sp³-hybridized carbons (Fsp3) is 0.933. The summed E-state index contributed by atoms with van der Waals surface area (Å²) in [5, 5.41) is -0.369. The second-order valence-corrected chi connectivity index (χ2v) is 9.62. The normalized spacial score (nSPS) is 40.0.